The summed E-state index contributed by atoms with van der Waals surface area (Å²) in [6, 6.07) is 17.8. The maximum atomic E-state index is 14.2. The fraction of sp³-hybridized carbons (Fsp3) is 0.280. The molecule has 7 heteroatoms. The van der Waals surface area contributed by atoms with E-state index in [1.54, 1.807) is 41.5 Å². The Hall–Kier alpha value is -3.19. The molecule has 3 aromatic rings. The Balaban J connectivity index is 1.44. The summed E-state index contributed by atoms with van der Waals surface area (Å²) in [6.07, 6.45) is 0. The Bertz CT molecular complexity index is 1140. The SMILES string of the molecule is CN1C(=O)c2ccccc2[C@@H](C(=O)N2CCN(c3ccccc3F)CC2)[C@H]1c1cccs1. The largest absolute Gasteiger partial charge is 0.366 e. The Morgan fingerprint density at radius 3 is 2.41 bits per heavy atom. The standard InChI is InChI=1S/C25H24FN3O2S/c1-27-23(21-11-6-16-32-21)22(17-7-2-3-8-18(17)24(27)30)25(31)29-14-12-28(13-15-29)20-10-5-4-9-19(20)26/h2-11,16,22-23H,12-15H2,1H3/t22-,23-/m1/s1. The number of amides is 2. The number of rotatable bonds is 3. The predicted molar refractivity (Wildman–Crippen MR) is 124 cm³/mol. The highest BCUT2D eigenvalue weighted by Crippen LogP contribution is 2.44. The van der Waals surface area contributed by atoms with E-state index in [0.717, 1.165) is 10.4 Å². The molecule has 3 heterocycles. The Morgan fingerprint density at radius 2 is 1.69 bits per heavy atom. The molecule has 2 amide bonds. The van der Waals surface area contributed by atoms with E-state index in [-0.39, 0.29) is 23.7 Å². The number of fused-ring (bicyclic) bond motifs is 1. The summed E-state index contributed by atoms with van der Waals surface area (Å²) in [5.74, 6) is -0.755. The maximum absolute atomic E-state index is 14.2. The number of halogens is 1. The van der Waals surface area contributed by atoms with Crippen LogP contribution in [0.5, 0.6) is 0 Å². The molecule has 2 atom stereocenters. The molecule has 0 saturated carbocycles. The van der Waals surface area contributed by atoms with Gasteiger partial charge < -0.3 is 14.7 Å². The van der Waals surface area contributed by atoms with Crippen LogP contribution in [0.4, 0.5) is 10.1 Å². The molecule has 0 spiro atoms. The number of nitrogens with zero attached hydrogens (tertiary/aromatic N) is 3. The van der Waals surface area contributed by atoms with Crippen LogP contribution in [0.1, 0.15) is 32.8 Å². The summed E-state index contributed by atoms with van der Waals surface area (Å²) < 4.78 is 14.2. The van der Waals surface area contributed by atoms with E-state index in [1.807, 2.05) is 51.6 Å². The van der Waals surface area contributed by atoms with Crippen molar-refractivity contribution >= 4 is 28.8 Å². The van der Waals surface area contributed by atoms with Crippen LogP contribution in [-0.2, 0) is 4.79 Å². The second-order valence-corrected chi connectivity index (χ2v) is 9.18. The van der Waals surface area contributed by atoms with Crippen molar-refractivity contribution in [1.82, 2.24) is 9.80 Å². The first kappa shape index (κ1) is 20.7. The van der Waals surface area contributed by atoms with Gasteiger partial charge in [-0.15, -0.1) is 11.3 Å². The van der Waals surface area contributed by atoms with Crippen LogP contribution in [-0.4, -0.2) is 54.8 Å². The number of piperazine rings is 1. The Morgan fingerprint density at radius 1 is 0.969 bits per heavy atom. The van der Waals surface area contributed by atoms with Crippen LogP contribution in [0.15, 0.2) is 66.0 Å². The van der Waals surface area contributed by atoms with Crippen molar-refractivity contribution in [3.63, 3.8) is 0 Å². The zero-order valence-electron chi connectivity index (χ0n) is 17.8. The van der Waals surface area contributed by atoms with Crippen molar-refractivity contribution in [3.8, 4) is 0 Å². The maximum Gasteiger partial charge on any atom is 0.254 e. The topological polar surface area (TPSA) is 43.9 Å². The molecule has 1 aromatic heterocycles. The second kappa shape index (κ2) is 8.39. The van der Waals surface area contributed by atoms with Crippen molar-refractivity contribution in [2.24, 2.45) is 0 Å². The van der Waals surface area contributed by atoms with E-state index in [1.165, 1.54) is 6.07 Å². The van der Waals surface area contributed by atoms with Gasteiger partial charge in [-0.3, -0.25) is 9.59 Å². The molecule has 1 saturated heterocycles. The summed E-state index contributed by atoms with van der Waals surface area (Å²) >= 11 is 1.56. The third-order valence-electron chi connectivity index (χ3n) is 6.46. The fourth-order valence-corrected chi connectivity index (χ4v) is 5.73. The number of thiophene rings is 1. The molecule has 0 bridgehead atoms. The quantitative estimate of drug-likeness (QED) is 0.604. The third-order valence-corrected chi connectivity index (χ3v) is 7.41. The van der Waals surface area contributed by atoms with Gasteiger partial charge in [-0.25, -0.2) is 4.39 Å². The molecule has 0 aliphatic carbocycles. The van der Waals surface area contributed by atoms with E-state index in [0.29, 0.717) is 37.4 Å². The van der Waals surface area contributed by atoms with Crippen LogP contribution in [0.3, 0.4) is 0 Å². The zero-order chi connectivity index (χ0) is 22.2. The highest BCUT2D eigenvalue weighted by atomic mass is 32.1. The molecule has 32 heavy (non-hydrogen) atoms. The van der Waals surface area contributed by atoms with Gasteiger partial charge in [-0.1, -0.05) is 36.4 Å². The van der Waals surface area contributed by atoms with Gasteiger partial charge in [0.05, 0.1) is 17.6 Å². The average Bonchev–Trinajstić information content (AvgIpc) is 3.36. The molecule has 2 aliphatic heterocycles. The van der Waals surface area contributed by atoms with E-state index in [2.05, 4.69) is 0 Å². The lowest BCUT2D eigenvalue weighted by Crippen LogP contribution is -2.53. The number of carbonyl (C=O) groups excluding carboxylic acids is 2. The van der Waals surface area contributed by atoms with Crippen molar-refractivity contribution < 1.29 is 14.0 Å². The van der Waals surface area contributed by atoms with Crippen LogP contribution in [0, 0.1) is 5.82 Å². The molecule has 164 valence electrons. The lowest BCUT2D eigenvalue weighted by Gasteiger charge is -2.43. The smallest absolute Gasteiger partial charge is 0.254 e. The van der Waals surface area contributed by atoms with Crippen molar-refractivity contribution in [2.75, 3.05) is 38.1 Å². The molecular formula is C25H24FN3O2S. The van der Waals surface area contributed by atoms with Crippen LogP contribution in [0.2, 0.25) is 0 Å². The van der Waals surface area contributed by atoms with Crippen molar-refractivity contribution in [2.45, 2.75) is 12.0 Å². The number of hydrogen-bond donors (Lipinski definition) is 0. The number of hydrogen-bond acceptors (Lipinski definition) is 4. The fourth-order valence-electron chi connectivity index (χ4n) is 4.83. The summed E-state index contributed by atoms with van der Waals surface area (Å²) in [7, 11) is 1.78. The number of carbonyl (C=O) groups is 2. The van der Waals surface area contributed by atoms with Gasteiger partial charge in [0.15, 0.2) is 0 Å². The van der Waals surface area contributed by atoms with Crippen LogP contribution >= 0.6 is 11.3 Å². The minimum atomic E-state index is -0.465. The van der Waals surface area contributed by atoms with E-state index in [4.69, 9.17) is 0 Å². The average molecular weight is 450 g/mol. The zero-order valence-corrected chi connectivity index (χ0v) is 18.6. The molecule has 0 radical (unpaired) electrons. The molecule has 1 fully saturated rings. The lowest BCUT2D eigenvalue weighted by molar-refractivity contribution is -0.134. The van der Waals surface area contributed by atoms with Gasteiger partial charge in [-0.05, 0) is 35.2 Å². The minimum absolute atomic E-state index is 0.0170. The van der Waals surface area contributed by atoms with E-state index >= 15 is 0 Å². The van der Waals surface area contributed by atoms with E-state index in [9.17, 15) is 14.0 Å². The first-order chi connectivity index (χ1) is 15.6. The first-order valence-corrected chi connectivity index (χ1v) is 11.6. The van der Waals surface area contributed by atoms with Crippen molar-refractivity contribution in [3.05, 3.63) is 87.9 Å². The van der Waals surface area contributed by atoms with Gasteiger partial charge >= 0.3 is 0 Å². The number of para-hydroxylation sites is 1. The molecular weight excluding hydrogens is 425 g/mol. The van der Waals surface area contributed by atoms with Crippen LogP contribution < -0.4 is 4.90 Å². The summed E-state index contributed by atoms with van der Waals surface area (Å²) in [6.45, 7) is 2.17. The van der Waals surface area contributed by atoms with Gasteiger partial charge in [0.2, 0.25) is 5.91 Å². The summed E-state index contributed by atoms with van der Waals surface area (Å²) in [5.41, 5.74) is 1.95. The minimum Gasteiger partial charge on any atom is -0.366 e. The number of benzene rings is 2. The molecule has 2 aliphatic rings. The third kappa shape index (κ3) is 3.46. The lowest BCUT2D eigenvalue weighted by atomic mass is 9.81. The van der Waals surface area contributed by atoms with Gasteiger partial charge in [0.25, 0.3) is 5.91 Å². The number of likely N-dealkylation sites (N-methyl/N-ethyl adjacent to an activating group) is 1. The van der Waals surface area contributed by atoms with Crippen molar-refractivity contribution in [1.29, 1.82) is 0 Å². The Kier molecular flexibility index (Phi) is 5.43. The molecule has 2 aromatic carbocycles. The summed E-state index contributed by atoms with van der Waals surface area (Å²) in [5, 5.41) is 1.98. The monoisotopic (exact) mass is 449 g/mol. The first-order valence-electron chi connectivity index (χ1n) is 10.7. The highest BCUT2D eigenvalue weighted by molar-refractivity contribution is 7.10. The number of anilines is 1. The predicted octanol–water partition coefficient (Wildman–Crippen LogP) is 4.15. The summed E-state index contributed by atoms with van der Waals surface area (Å²) in [4.78, 5) is 33.5. The Labute approximate surface area is 190 Å². The molecule has 0 unspecified atom stereocenters. The van der Waals surface area contributed by atoms with E-state index < -0.39 is 5.92 Å². The second-order valence-electron chi connectivity index (χ2n) is 8.20. The van der Waals surface area contributed by atoms with Gasteiger partial charge in [0, 0.05) is 43.7 Å². The van der Waals surface area contributed by atoms with Gasteiger partial charge in [-0.2, -0.15) is 0 Å². The normalized spacial score (nSPS) is 20.9. The van der Waals surface area contributed by atoms with Crippen LogP contribution in [0.25, 0.3) is 0 Å². The molecule has 5 rings (SSSR count). The highest BCUT2D eigenvalue weighted by Gasteiger charge is 2.44. The van der Waals surface area contributed by atoms with Gasteiger partial charge in [0.1, 0.15) is 5.82 Å². The molecule has 0 N–H and O–H groups in total. The molecule has 5 nitrogen and oxygen atoms in total.